The first-order valence-corrected chi connectivity index (χ1v) is 9.79. The van der Waals surface area contributed by atoms with E-state index in [1.807, 2.05) is 0 Å². The van der Waals surface area contributed by atoms with Gasteiger partial charge in [0, 0.05) is 0 Å². The van der Waals surface area contributed by atoms with Crippen molar-refractivity contribution in [1.29, 1.82) is 0 Å². The standard InChI is InChI=1S/2IO3.Pb/c2*2-1(3)4;/q2*-1;+2. The molecular weight excluding hydrogens is 557 g/mol. The van der Waals surface area contributed by atoms with Crippen LogP contribution in [0.4, 0.5) is 0 Å². The van der Waals surface area contributed by atoms with Crippen LogP contribution in [-0.4, -0.2) is 25.1 Å². The molecule has 0 aromatic heterocycles. The zero-order valence-electron chi connectivity index (χ0n) is 3.71. The molecule has 9 heteroatoms. The Morgan fingerprint density at radius 2 is 1.22 bits per heavy atom. The SMILES string of the molecule is [O-][I+2]([O-])[O][Pb][O][I+2]([O-])[O-]. The Hall–Kier alpha value is 2.14. The van der Waals surface area contributed by atoms with Gasteiger partial charge in [-0.15, -0.1) is 0 Å². The van der Waals surface area contributed by atoms with E-state index >= 15 is 0 Å². The summed E-state index contributed by atoms with van der Waals surface area (Å²) in [5, 5.41) is 0. The van der Waals surface area contributed by atoms with Crippen LogP contribution in [0.3, 0.4) is 0 Å². The molecule has 54 valence electrons. The van der Waals surface area contributed by atoms with Gasteiger partial charge in [-0.1, -0.05) is 0 Å². The van der Waals surface area contributed by atoms with Gasteiger partial charge in [0.2, 0.25) is 0 Å². The number of rotatable bonds is 4. The molecule has 0 amide bonds. The fourth-order valence-electron chi connectivity index (χ4n) is 0.0633. The molecule has 6 nitrogen and oxygen atoms in total. The van der Waals surface area contributed by atoms with Crippen molar-refractivity contribution >= 4 is 25.1 Å². The summed E-state index contributed by atoms with van der Waals surface area (Å²) >= 11 is -9.56. The van der Waals surface area contributed by atoms with E-state index in [2.05, 4.69) is 2.03 Å². The van der Waals surface area contributed by atoms with Crippen LogP contribution in [-0.2, 0) is 2.03 Å². The Morgan fingerprint density at radius 1 is 0.889 bits per heavy atom. The van der Waals surface area contributed by atoms with Gasteiger partial charge in [-0.2, -0.15) is 0 Å². The van der Waals surface area contributed by atoms with E-state index in [1.165, 1.54) is 0 Å². The molecule has 0 aromatic carbocycles. The van der Waals surface area contributed by atoms with Crippen LogP contribution >= 0.6 is 0 Å². The Labute approximate surface area is 81.8 Å². The monoisotopic (exact) mass is 558 g/mol. The maximum absolute atomic E-state index is 9.67. The van der Waals surface area contributed by atoms with Crippen molar-refractivity contribution in [2.75, 3.05) is 0 Å². The predicted molar refractivity (Wildman–Crippen MR) is 7.92 cm³/mol. The van der Waals surface area contributed by atoms with Gasteiger partial charge < -0.3 is 0 Å². The summed E-state index contributed by atoms with van der Waals surface area (Å²) in [6, 6.07) is 0. The first-order chi connectivity index (χ1) is 4.13. The average molecular weight is 557 g/mol. The molecule has 0 fully saturated rings. The predicted octanol–water partition coefficient (Wildman–Crippen LogP) is -11.3. The van der Waals surface area contributed by atoms with Gasteiger partial charge in [0.05, 0.1) is 0 Å². The van der Waals surface area contributed by atoms with E-state index < -0.39 is 67.3 Å². The van der Waals surface area contributed by atoms with Crippen LogP contribution in [0.5, 0.6) is 0 Å². The molecule has 0 heterocycles. The summed E-state index contributed by atoms with van der Waals surface area (Å²) < 4.78 is 46.7. The van der Waals surface area contributed by atoms with Crippen molar-refractivity contribution in [3.63, 3.8) is 0 Å². The minimum atomic E-state index is -3.66. The zero-order chi connectivity index (χ0) is 7.28. The summed E-state index contributed by atoms with van der Waals surface area (Å²) in [4.78, 5) is 0. The normalized spacial score (nSPS) is 11.3. The molecule has 9 heavy (non-hydrogen) atoms. The molecule has 0 unspecified atom stereocenters. The third-order valence-corrected chi connectivity index (χ3v) is 11.1. The molecule has 0 aromatic rings. The summed E-state index contributed by atoms with van der Waals surface area (Å²) in [5.41, 5.74) is 0. The van der Waals surface area contributed by atoms with E-state index in [1.54, 1.807) is 0 Å². The van der Waals surface area contributed by atoms with Gasteiger partial charge in [0.1, 0.15) is 0 Å². The maximum atomic E-state index is 9.67. The molecule has 0 aliphatic heterocycles. The molecule has 0 spiro atoms. The van der Waals surface area contributed by atoms with Gasteiger partial charge in [0.25, 0.3) is 0 Å². The van der Waals surface area contributed by atoms with Crippen LogP contribution in [0.1, 0.15) is 0 Å². The second kappa shape index (κ2) is 6.83. The van der Waals surface area contributed by atoms with Gasteiger partial charge in [-0.3, -0.25) is 0 Å². The third kappa shape index (κ3) is 10.1. The Balaban J connectivity index is 2.91. The minimum absolute atomic E-state index is 2.23. The molecular formula is I2O6Pb. The topological polar surface area (TPSA) is 111 Å². The summed E-state index contributed by atoms with van der Waals surface area (Å²) in [6.45, 7) is 0. The third-order valence-electron chi connectivity index (χ3n) is 0.189. The number of hydrogen-bond acceptors (Lipinski definition) is 6. The first kappa shape index (κ1) is 11.1. The second-order valence-corrected chi connectivity index (χ2v) is 12.3. The molecule has 0 aliphatic carbocycles. The quantitative estimate of drug-likeness (QED) is 0.251. The van der Waals surface area contributed by atoms with Crippen LogP contribution in [0.2, 0.25) is 0 Å². The van der Waals surface area contributed by atoms with Crippen molar-refractivity contribution in [3.05, 3.63) is 0 Å². The van der Waals surface area contributed by atoms with Gasteiger partial charge >= 0.3 is 83.0 Å². The van der Waals surface area contributed by atoms with Crippen LogP contribution in [0, 0.1) is 0 Å². The number of hydrogen-bond donors (Lipinski definition) is 0. The van der Waals surface area contributed by atoms with Crippen molar-refractivity contribution in [2.24, 2.45) is 0 Å². The second-order valence-electron chi connectivity index (χ2n) is 0.616. The molecule has 0 bridgehead atoms. The molecule has 0 saturated heterocycles. The summed E-state index contributed by atoms with van der Waals surface area (Å²) in [5.74, 6) is 0. The van der Waals surface area contributed by atoms with E-state index in [4.69, 9.17) is 0 Å². The fraction of sp³-hybridized carbons (Fsp3) is 0. The van der Waals surface area contributed by atoms with E-state index in [0.717, 1.165) is 0 Å². The van der Waals surface area contributed by atoms with Crippen molar-refractivity contribution in [2.45, 2.75) is 0 Å². The number of halogens is 2. The molecule has 0 rings (SSSR count). The Morgan fingerprint density at radius 3 is 1.44 bits per heavy atom. The summed E-state index contributed by atoms with van der Waals surface area (Å²) in [6.07, 6.45) is 0. The van der Waals surface area contributed by atoms with Crippen LogP contribution < -0.4 is 55.9 Å². The molecule has 0 N–H and O–H groups in total. The fourth-order valence-corrected chi connectivity index (χ4v) is 7.73. The zero-order valence-corrected chi connectivity index (χ0v) is 11.9. The summed E-state index contributed by atoms with van der Waals surface area (Å²) in [7, 11) is 0. The van der Waals surface area contributed by atoms with Crippen LogP contribution in [0.15, 0.2) is 0 Å². The van der Waals surface area contributed by atoms with Gasteiger partial charge in [-0.25, -0.2) is 0 Å². The van der Waals surface area contributed by atoms with Crippen molar-refractivity contribution in [1.82, 2.24) is 0 Å². The van der Waals surface area contributed by atoms with Crippen molar-refractivity contribution < 1.29 is 57.9 Å². The van der Waals surface area contributed by atoms with Gasteiger partial charge in [0.15, 0.2) is 0 Å². The average Bonchev–Trinajstić information content (AvgIpc) is 1.63. The molecule has 2 radical (unpaired) electrons. The van der Waals surface area contributed by atoms with Crippen molar-refractivity contribution in [3.8, 4) is 0 Å². The Kier molecular flexibility index (Phi) is 8.45. The van der Waals surface area contributed by atoms with E-state index in [-0.39, 0.29) is 0 Å². The molecule has 0 atom stereocenters. The van der Waals surface area contributed by atoms with Crippen LogP contribution in [0.25, 0.3) is 0 Å². The van der Waals surface area contributed by atoms with E-state index in [0.29, 0.717) is 0 Å². The molecule has 0 aliphatic rings. The molecule has 0 saturated carbocycles. The van der Waals surface area contributed by atoms with Gasteiger partial charge in [-0.05, 0) is 0 Å². The van der Waals surface area contributed by atoms with E-state index in [9.17, 15) is 13.7 Å². The Bertz CT molecular complexity index is 56.1. The first-order valence-electron chi connectivity index (χ1n) is 1.33.